The maximum Gasteiger partial charge on any atom is 0.0901 e. The van der Waals surface area contributed by atoms with Gasteiger partial charge in [0.15, 0.2) is 0 Å². The van der Waals surface area contributed by atoms with Crippen molar-refractivity contribution in [2.45, 2.75) is 13.3 Å². The van der Waals surface area contributed by atoms with Crippen molar-refractivity contribution in [2.75, 3.05) is 20.6 Å². The minimum Gasteiger partial charge on any atom is -0.305 e. The lowest BCUT2D eigenvalue weighted by Crippen LogP contribution is -2.13. The van der Waals surface area contributed by atoms with E-state index in [1.807, 2.05) is 27.1 Å². The number of nitrogens with zero attached hydrogens (tertiary/aromatic N) is 1. The Bertz CT molecular complexity index is 214. The lowest BCUT2D eigenvalue weighted by molar-refractivity contribution is 0.445. The van der Waals surface area contributed by atoms with Crippen molar-refractivity contribution in [1.82, 2.24) is 4.90 Å². The van der Waals surface area contributed by atoms with Crippen molar-refractivity contribution in [1.29, 1.82) is 0 Å². The average Bonchev–Trinajstić information content (AvgIpc) is 2.05. The van der Waals surface area contributed by atoms with E-state index < -0.39 is 0 Å². The van der Waals surface area contributed by atoms with E-state index in [-0.39, 0.29) is 0 Å². The normalized spacial score (nSPS) is 13.6. The van der Waals surface area contributed by atoms with E-state index in [0.29, 0.717) is 18.3 Å². The Hall–Kier alpha value is -0.890. The topological polar surface area (TPSA) is 3.24 Å². The van der Waals surface area contributed by atoms with E-state index in [1.165, 1.54) is 5.57 Å². The second kappa shape index (κ2) is 6.61. The smallest absolute Gasteiger partial charge is 0.0901 e. The van der Waals surface area contributed by atoms with E-state index in [0.717, 1.165) is 6.54 Å². The minimum atomic E-state index is 0.604. The van der Waals surface area contributed by atoms with Crippen molar-refractivity contribution < 1.29 is 4.39 Å². The molecule has 0 aliphatic rings. The van der Waals surface area contributed by atoms with Crippen molar-refractivity contribution in [3.63, 3.8) is 0 Å². The number of hydrogen-bond donors (Lipinski definition) is 0. The predicted molar refractivity (Wildman–Crippen MR) is 56.3 cm³/mol. The molecule has 0 saturated carbocycles. The molecule has 0 unspecified atom stereocenters. The third kappa shape index (κ3) is 6.29. The van der Waals surface area contributed by atoms with Gasteiger partial charge in [-0.05, 0) is 33.0 Å². The molecular formula is C11H18FN. The van der Waals surface area contributed by atoms with Crippen molar-refractivity contribution in [3.8, 4) is 0 Å². The maximum absolute atomic E-state index is 12.1. The van der Waals surface area contributed by atoms with Crippen LogP contribution in [0.1, 0.15) is 13.3 Å². The number of allylic oxidation sites excluding steroid dienone is 3. The van der Waals surface area contributed by atoms with Crippen LogP contribution in [0.3, 0.4) is 0 Å². The molecule has 0 bridgehead atoms. The summed E-state index contributed by atoms with van der Waals surface area (Å²) in [5, 5.41) is 0. The monoisotopic (exact) mass is 183 g/mol. The van der Waals surface area contributed by atoms with Crippen LogP contribution in [0.5, 0.6) is 0 Å². The molecule has 0 aromatic rings. The molecule has 74 valence electrons. The number of rotatable bonds is 5. The Morgan fingerprint density at radius 3 is 2.46 bits per heavy atom. The summed E-state index contributed by atoms with van der Waals surface area (Å²) in [4.78, 5) is 2.08. The molecule has 0 aromatic carbocycles. The van der Waals surface area contributed by atoms with Gasteiger partial charge in [0.2, 0.25) is 0 Å². The highest BCUT2D eigenvalue weighted by atomic mass is 19.1. The zero-order chi connectivity index (χ0) is 10.3. The van der Waals surface area contributed by atoms with E-state index in [9.17, 15) is 4.39 Å². The van der Waals surface area contributed by atoms with Gasteiger partial charge in [0, 0.05) is 6.54 Å². The van der Waals surface area contributed by atoms with E-state index in [1.54, 1.807) is 6.08 Å². The summed E-state index contributed by atoms with van der Waals surface area (Å²) in [7, 11) is 4.02. The predicted octanol–water partition coefficient (Wildman–Crippen LogP) is 2.92. The molecule has 2 heteroatoms. The highest BCUT2D eigenvalue weighted by molar-refractivity contribution is 5.18. The maximum atomic E-state index is 12.1. The SMILES string of the molecule is C=C/C(=C/F)C/C=C(\C)CN(C)C. The summed E-state index contributed by atoms with van der Waals surface area (Å²) < 4.78 is 12.1. The lowest BCUT2D eigenvalue weighted by atomic mass is 10.1. The molecule has 0 N–H and O–H groups in total. The van der Waals surface area contributed by atoms with Gasteiger partial charge in [-0.3, -0.25) is 0 Å². The standard InChI is InChI=1S/C11H18FN/c1-5-11(8-12)7-6-10(2)9-13(3)4/h5-6,8H,1,7,9H2,2-4H3/b10-6+,11-8-. The van der Waals surface area contributed by atoms with Gasteiger partial charge in [-0.2, -0.15) is 0 Å². The van der Waals surface area contributed by atoms with Gasteiger partial charge in [-0.15, -0.1) is 0 Å². The molecule has 0 fully saturated rings. The van der Waals surface area contributed by atoms with Crippen LogP contribution in [0.4, 0.5) is 4.39 Å². The third-order valence-electron chi connectivity index (χ3n) is 1.65. The zero-order valence-corrected chi connectivity index (χ0v) is 8.68. The summed E-state index contributed by atoms with van der Waals surface area (Å²) in [6.45, 7) is 6.48. The highest BCUT2D eigenvalue weighted by Crippen LogP contribution is 2.06. The molecule has 0 amide bonds. The first kappa shape index (κ1) is 12.1. The molecule has 0 saturated heterocycles. The Balaban J connectivity index is 4.02. The Morgan fingerprint density at radius 2 is 2.08 bits per heavy atom. The second-order valence-corrected chi connectivity index (χ2v) is 3.38. The molecule has 0 aromatic heterocycles. The summed E-state index contributed by atoms with van der Waals surface area (Å²) in [5.41, 5.74) is 1.87. The molecule has 0 aliphatic heterocycles. The largest absolute Gasteiger partial charge is 0.305 e. The first-order valence-electron chi connectivity index (χ1n) is 4.32. The van der Waals surface area contributed by atoms with Crippen LogP contribution in [0, 0.1) is 0 Å². The van der Waals surface area contributed by atoms with Crippen LogP contribution in [0.25, 0.3) is 0 Å². The Kier molecular flexibility index (Phi) is 6.15. The zero-order valence-electron chi connectivity index (χ0n) is 8.68. The molecule has 13 heavy (non-hydrogen) atoms. The Morgan fingerprint density at radius 1 is 1.46 bits per heavy atom. The molecular weight excluding hydrogens is 165 g/mol. The van der Waals surface area contributed by atoms with Crippen LogP contribution < -0.4 is 0 Å². The van der Waals surface area contributed by atoms with Gasteiger partial charge >= 0.3 is 0 Å². The van der Waals surface area contributed by atoms with Crippen LogP contribution in [0.15, 0.2) is 36.2 Å². The average molecular weight is 183 g/mol. The molecule has 0 spiro atoms. The second-order valence-electron chi connectivity index (χ2n) is 3.38. The fraction of sp³-hybridized carbons (Fsp3) is 0.455. The van der Waals surface area contributed by atoms with E-state index >= 15 is 0 Å². The van der Waals surface area contributed by atoms with Gasteiger partial charge in [0.05, 0.1) is 6.33 Å². The number of hydrogen-bond acceptors (Lipinski definition) is 1. The summed E-state index contributed by atoms with van der Waals surface area (Å²) in [6.07, 6.45) is 4.79. The van der Waals surface area contributed by atoms with Crippen molar-refractivity contribution in [3.05, 3.63) is 36.2 Å². The van der Waals surface area contributed by atoms with E-state index in [2.05, 4.69) is 11.5 Å². The summed E-state index contributed by atoms with van der Waals surface area (Å²) in [5.74, 6) is 0. The number of halogens is 1. The lowest BCUT2D eigenvalue weighted by Gasteiger charge is -2.09. The number of likely N-dealkylation sites (N-methyl/N-ethyl adjacent to an activating group) is 1. The molecule has 0 radical (unpaired) electrons. The molecule has 1 nitrogen and oxygen atoms in total. The van der Waals surface area contributed by atoms with Crippen LogP contribution >= 0.6 is 0 Å². The quantitative estimate of drug-likeness (QED) is 0.468. The molecule has 0 heterocycles. The first-order chi connectivity index (χ1) is 6.10. The van der Waals surface area contributed by atoms with Gasteiger partial charge in [-0.25, -0.2) is 4.39 Å². The van der Waals surface area contributed by atoms with Crippen LogP contribution in [-0.4, -0.2) is 25.5 Å². The summed E-state index contributed by atoms with van der Waals surface area (Å²) in [6, 6.07) is 0. The van der Waals surface area contributed by atoms with Gasteiger partial charge in [0.25, 0.3) is 0 Å². The minimum absolute atomic E-state index is 0.604. The van der Waals surface area contributed by atoms with E-state index in [4.69, 9.17) is 0 Å². The van der Waals surface area contributed by atoms with Gasteiger partial charge in [0.1, 0.15) is 0 Å². The molecule has 0 rings (SSSR count). The van der Waals surface area contributed by atoms with Crippen molar-refractivity contribution in [2.24, 2.45) is 0 Å². The fourth-order valence-corrected chi connectivity index (χ4v) is 1.03. The Labute approximate surface area is 80.2 Å². The van der Waals surface area contributed by atoms with Gasteiger partial charge in [-0.1, -0.05) is 24.3 Å². The van der Waals surface area contributed by atoms with Crippen LogP contribution in [-0.2, 0) is 0 Å². The molecule has 0 aliphatic carbocycles. The van der Waals surface area contributed by atoms with Crippen LogP contribution in [0.2, 0.25) is 0 Å². The first-order valence-corrected chi connectivity index (χ1v) is 4.32. The summed E-state index contributed by atoms with van der Waals surface area (Å²) >= 11 is 0. The van der Waals surface area contributed by atoms with Crippen molar-refractivity contribution >= 4 is 0 Å². The van der Waals surface area contributed by atoms with Gasteiger partial charge < -0.3 is 4.90 Å². The highest BCUT2D eigenvalue weighted by Gasteiger charge is 1.93. The fourth-order valence-electron chi connectivity index (χ4n) is 1.03. The third-order valence-corrected chi connectivity index (χ3v) is 1.65. The molecule has 0 atom stereocenters.